The lowest BCUT2D eigenvalue weighted by atomic mass is 9.91. The Bertz CT molecular complexity index is 340. The Balaban J connectivity index is 2.10. The number of carbonyl (C=O) groups excluding carboxylic acids is 1. The zero-order valence-corrected chi connectivity index (χ0v) is 14.2. The molecule has 0 aromatic heterocycles. The number of hydrogen-bond acceptors (Lipinski definition) is 3. The molecule has 0 aromatic rings. The third-order valence-electron chi connectivity index (χ3n) is 4.81. The van der Waals surface area contributed by atoms with Crippen molar-refractivity contribution in [1.29, 1.82) is 0 Å². The van der Waals surface area contributed by atoms with E-state index in [0.29, 0.717) is 13.0 Å². The van der Waals surface area contributed by atoms with Gasteiger partial charge in [0.25, 0.3) is 0 Å². The standard InChI is InChI=1S/C18H32O4/c1-3-4-5-6-7-8-9-10-13-22-18(21)15-12-11-14(2)16(15)17(19)20/h14-16H,3-13H2,1-2H3,(H,19,20). The van der Waals surface area contributed by atoms with Gasteiger partial charge in [-0.2, -0.15) is 0 Å². The molecular formula is C18H32O4. The third kappa shape index (κ3) is 6.37. The highest BCUT2D eigenvalue weighted by molar-refractivity contribution is 5.82. The van der Waals surface area contributed by atoms with E-state index < -0.39 is 17.8 Å². The predicted octanol–water partition coefficient (Wildman–Crippen LogP) is 4.42. The summed E-state index contributed by atoms with van der Waals surface area (Å²) in [5, 5.41) is 9.23. The molecule has 3 unspecified atom stereocenters. The first-order chi connectivity index (χ1) is 10.6. The molecule has 0 heterocycles. The highest BCUT2D eigenvalue weighted by atomic mass is 16.5. The lowest BCUT2D eigenvalue weighted by molar-refractivity contribution is -0.157. The van der Waals surface area contributed by atoms with Crippen molar-refractivity contribution in [1.82, 2.24) is 0 Å². The van der Waals surface area contributed by atoms with Crippen molar-refractivity contribution in [3.05, 3.63) is 0 Å². The maximum absolute atomic E-state index is 12.0. The highest BCUT2D eigenvalue weighted by Gasteiger charge is 2.43. The first kappa shape index (κ1) is 19.0. The minimum absolute atomic E-state index is 0.0678. The van der Waals surface area contributed by atoms with Crippen LogP contribution in [0.1, 0.15) is 78.1 Å². The van der Waals surface area contributed by atoms with Crippen LogP contribution in [0.5, 0.6) is 0 Å². The maximum Gasteiger partial charge on any atom is 0.309 e. The van der Waals surface area contributed by atoms with Crippen LogP contribution >= 0.6 is 0 Å². The molecule has 128 valence electrons. The van der Waals surface area contributed by atoms with Gasteiger partial charge < -0.3 is 9.84 Å². The summed E-state index contributed by atoms with van der Waals surface area (Å²) >= 11 is 0. The second-order valence-corrected chi connectivity index (χ2v) is 6.67. The Labute approximate surface area is 134 Å². The van der Waals surface area contributed by atoms with E-state index in [1.807, 2.05) is 6.92 Å². The van der Waals surface area contributed by atoms with Crippen molar-refractivity contribution in [2.75, 3.05) is 6.61 Å². The summed E-state index contributed by atoms with van der Waals surface area (Å²) in [6.07, 6.45) is 11.1. The Morgan fingerprint density at radius 1 is 1.00 bits per heavy atom. The van der Waals surface area contributed by atoms with Crippen molar-refractivity contribution in [2.24, 2.45) is 17.8 Å². The van der Waals surface area contributed by atoms with E-state index in [9.17, 15) is 14.7 Å². The number of carboxylic acids is 1. The second kappa shape index (κ2) is 10.6. The van der Waals surface area contributed by atoms with Gasteiger partial charge in [-0.3, -0.25) is 9.59 Å². The summed E-state index contributed by atoms with van der Waals surface area (Å²) < 4.78 is 5.30. The Kier molecular flexibility index (Phi) is 9.17. The highest BCUT2D eigenvalue weighted by Crippen LogP contribution is 2.37. The topological polar surface area (TPSA) is 63.6 Å². The van der Waals surface area contributed by atoms with E-state index in [1.54, 1.807) is 0 Å². The Morgan fingerprint density at radius 2 is 1.59 bits per heavy atom. The summed E-state index contributed by atoms with van der Waals surface area (Å²) in [5.74, 6) is -2.11. The second-order valence-electron chi connectivity index (χ2n) is 6.67. The quantitative estimate of drug-likeness (QED) is 0.453. The Morgan fingerprint density at radius 3 is 2.18 bits per heavy atom. The van der Waals surface area contributed by atoms with Gasteiger partial charge in [0.05, 0.1) is 18.4 Å². The molecule has 22 heavy (non-hydrogen) atoms. The minimum atomic E-state index is -0.862. The lowest BCUT2D eigenvalue weighted by Crippen LogP contribution is -2.30. The van der Waals surface area contributed by atoms with Gasteiger partial charge in [-0.05, 0) is 25.2 Å². The van der Waals surface area contributed by atoms with E-state index in [0.717, 1.165) is 19.3 Å². The molecule has 1 saturated carbocycles. The van der Waals surface area contributed by atoms with Gasteiger partial charge in [0.1, 0.15) is 0 Å². The summed E-state index contributed by atoms with van der Waals surface area (Å²) in [7, 11) is 0. The summed E-state index contributed by atoms with van der Waals surface area (Å²) in [4.78, 5) is 23.3. The summed E-state index contributed by atoms with van der Waals surface area (Å²) in [5.41, 5.74) is 0. The first-order valence-corrected chi connectivity index (χ1v) is 8.97. The van der Waals surface area contributed by atoms with Gasteiger partial charge in [-0.25, -0.2) is 0 Å². The van der Waals surface area contributed by atoms with Crippen LogP contribution in [-0.4, -0.2) is 23.7 Å². The van der Waals surface area contributed by atoms with Crippen LogP contribution in [-0.2, 0) is 14.3 Å². The molecule has 0 radical (unpaired) electrons. The molecular weight excluding hydrogens is 280 g/mol. The van der Waals surface area contributed by atoms with E-state index in [2.05, 4.69) is 6.92 Å². The zero-order valence-electron chi connectivity index (χ0n) is 14.2. The van der Waals surface area contributed by atoms with Gasteiger partial charge in [-0.1, -0.05) is 58.8 Å². The molecule has 1 rings (SSSR count). The smallest absolute Gasteiger partial charge is 0.309 e. The molecule has 1 N–H and O–H groups in total. The monoisotopic (exact) mass is 312 g/mol. The first-order valence-electron chi connectivity index (χ1n) is 8.97. The number of rotatable bonds is 11. The normalized spacial score (nSPS) is 24.4. The molecule has 1 fully saturated rings. The largest absolute Gasteiger partial charge is 0.481 e. The minimum Gasteiger partial charge on any atom is -0.481 e. The number of esters is 1. The molecule has 4 nitrogen and oxygen atoms in total. The molecule has 0 aliphatic heterocycles. The van der Waals surface area contributed by atoms with E-state index in [4.69, 9.17) is 4.74 Å². The third-order valence-corrected chi connectivity index (χ3v) is 4.81. The van der Waals surface area contributed by atoms with Crippen LogP contribution in [0.3, 0.4) is 0 Å². The average Bonchev–Trinajstić information content (AvgIpc) is 2.87. The zero-order chi connectivity index (χ0) is 16.4. The number of unbranched alkanes of at least 4 members (excludes halogenated alkanes) is 7. The van der Waals surface area contributed by atoms with Gasteiger partial charge in [0, 0.05) is 0 Å². The number of hydrogen-bond donors (Lipinski definition) is 1. The SMILES string of the molecule is CCCCCCCCCCOC(=O)C1CCC(C)C1C(=O)O. The van der Waals surface area contributed by atoms with Crippen molar-refractivity contribution in [3.63, 3.8) is 0 Å². The van der Waals surface area contributed by atoms with Crippen molar-refractivity contribution < 1.29 is 19.4 Å². The molecule has 0 saturated heterocycles. The van der Waals surface area contributed by atoms with Crippen LogP contribution < -0.4 is 0 Å². The van der Waals surface area contributed by atoms with Crippen LogP contribution in [0.4, 0.5) is 0 Å². The van der Waals surface area contributed by atoms with Gasteiger partial charge in [0.15, 0.2) is 0 Å². The number of ether oxygens (including phenoxy) is 1. The fourth-order valence-corrected chi connectivity index (χ4v) is 3.39. The van der Waals surface area contributed by atoms with Crippen molar-refractivity contribution in [3.8, 4) is 0 Å². The van der Waals surface area contributed by atoms with Crippen LogP contribution in [0.2, 0.25) is 0 Å². The number of carbonyl (C=O) groups is 2. The van der Waals surface area contributed by atoms with Crippen molar-refractivity contribution in [2.45, 2.75) is 78.1 Å². The van der Waals surface area contributed by atoms with Gasteiger partial charge in [-0.15, -0.1) is 0 Å². The molecule has 0 aromatic carbocycles. The number of aliphatic carboxylic acids is 1. The fourth-order valence-electron chi connectivity index (χ4n) is 3.39. The summed E-state index contributed by atoms with van der Waals surface area (Å²) in [6.45, 7) is 4.56. The average molecular weight is 312 g/mol. The molecule has 0 bridgehead atoms. The molecule has 1 aliphatic rings. The van der Waals surface area contributed by atoms with Gasteiger partial charge >= 0.3 is 11.9 Å². The molecule has 0 spiro atoms. The van der Waals surface area contributed by atoms with E-state index in [-0.39, 0.29) is 11.9 Å². The Hall–Kier alpha value is -1.06. The van der Waals surface area contributed by atoms with Gasteiger partial charge in [0.2, 0.25) is 0 Å². The van der Waals surface area contributed by atoms with Crippen LogP contribution in [0, 0.1) is 17.8 Å². The molecule has 1 aliphatic carbocycles. The fraction of sp³-hybridized carbons (Fsp3) is 0.889. The van der Waals surface area contributed by atoms with Crippen LogP contribution in [0.15, 0.2) is 0 Å². The predicted molar refractivity (Wildman–Crippen MR) is 86.6 cm³/mol. The van der Waals surface area contributed by atoms with E-state index in [1.165, 1.54) is 38.5 Å². The maximum atomic E-state index is 12.0. The summed E-state index contributed by atoms with van der Waals surface area (Å²) in [6, 6.07) is 0. The molecule has 3 atom stereocenters. The van der Waals surface area contributed by atoms with E-state index >= 15 is 0 Å². The van der Waals surface area contributed by atoms with Crippen molar-refractivity contribution >= 4 is 11.9 Å². The molecule has 0 amide bonds. The number of carboxylic acid groups (broad SMARTS) is 1. The lowest BCUT2D eigenvalue weighted by Gasteiger charge is -2.17. The van der Waals surface area contributed by atoms with Crippen LogP contribution in [0.25, 0.3) is 0 Å². The molecule has 4 heteroatoms.